The Morgan fingerprint density at radius 1 is 1.83 bits per heavy atom. The van der Waals surface area contributed by atoms with E-state index >= 15 is 0 Å². The second-order valence-corrected chi connectivity index (χ2v) is 0.558. The van der Waals surface area contributed by atoms with Crippen molar-refractivity contribution < 1.29 is 5.11 Å². The Labute approximate surface area is 58.4 Å². The molecule has 0 atom stereocenters. The third-order valence-electron chi connectivity index (χ3n) is 0.129. The molecule has 0 heterocycles. The van der Waals surface area contributed by atoms with Gasteiger partial charge in [-0.15, -0.1) is 0 Å². The van der Waals surface area contributed by atoms with Gasteiger partial charge in [-0.2, -0.15) is 5.26 Å². The molecule has 0 aromatic carbocycles. The van der Waals surface area contributed by atoms with E-state index in [0.29, 0.717) is 0 Å². The van der Waals surface area contributed by atoms with Crippen LogP contribution in [0.4, 0.5) is 0 Å². The SMILES string of the molecule is C=C(O)C#N.[Na]. The normalized spacial score (nSPS) is 4.50. The van der Waals surface area contributed by atoms with Gasteiger partial charge < -0.3 is 5.11 Å². The van der Waals surface area contributed by atoms with E-state index < -0.39 is 5.76 Å². The van der Waals surface area contributed by atoms with Gasteiger partial charge in [0.25, 0.3) is 0 Å². The van der Waals surface area contributed by atoms with E-state index in [1.165, 1.54) is 6.07 Å². The van der Waals surface area contributed by atoms with Gasteiger partial charge >= 0.3 is 0 Å². The van der Waals surface area contributed by atoms with Crippen LogP contribution < -0.4 is 0 Å². The van der Waals surface area contributed by atoms with E-state index in [4.69, 9.17) is 10.4 Å². The van der Waals surface area contributed by atoms with Crippen molar-refractivity contribution in [2.45, 2.75) is 0 Å². The summed E-state index contributed by atoms with van der Waals surface area (Å²) in [5.74, 6) is -0.440. The second kappa shape index (κ2) is 5.03. The van der Waals surface area contributed by atoms with Crippen LogP contribution in [0, 0.1) is 11.3 Å². The van der Waals surface area contributed by atoms with Gasteiger partial charge in [0.05, 0.1) is 0 Å². The summed E-state index contributed by atoms with van der Waals surface area (Å²) in [6, 6.07) is 1.39. The zero-order valence-corrected chi connectivity index (χ0v) is 5.60. The first-order chi connectivity index (χ1) is 2.27. The molecule has 0 spiro atoms. The van der Waals surface area contributed by atoms with Crippen LogP contribution in [0.5, 0.6) is 0 Å². The number of aliphatic hydroxyl groups excluding tert-OH is 1. The van der Waals surface area contributed by atoms with Crippen molar-refractivity contribution in [3.63, 3.8) is 0 Å². The Bertz CT molecular complexity index is 83.3. The molecule has 1 N–H and O–H groups in total. The minimum atomic E-state index is -0.440. The number of hydrogen-bond donors (Lipinski definition) is 1. The average molecular weight is 92.1 g/mol. The number of rotatable bonds is 0. The molecule has 0 saturated carbocycles. The molecule has 27 valence electrons. The molecule has 3 heteroatoms. The minimum Gasteiger partial charge on any atom is -0.500 e. The van der Waals surface area contributed by atoms with Gasteiger partial charge in [-0.25, -0.2) is 0 Å². The molecule has 2 nitrogen and oxygen atoms in total. The van der Waals surface area contributed by atoms with Crippen LogP contribution in [0.3, 0.4) is 0 Å². The molecule has 0 aliphatic rings. The molecule has 0 rings (SSSR count). The molecule has 0 fully saturated rings. The van der Waals surface area contributed by atoms with Crippen LogP contribution in [0.1, 0.15) is 0 Å². The molecule has 6 heavy (non-hydrogen) atoms. The monoisotopic (exact) mass is 92.0 g/mol. The van der Waals surface area contributed by atoms with Crippen LogP contribution in [-0.2, 0) is 0 Å². The van der Waals surface area contributed by atoms with E-state index in [9.17, 15) is 0 Å². The Morgan fingerprint density at radius 3 is 2.00 bits per heavy atom. The third kappa shape index (κ3) is 8.98. The first kappa shape index (κ1) is 9.39. The van der Waals surface area contributed by atoms with Gasteiger partial charge in [0, 0.05) is 29.6 Å². The zero-order valence-electron chi connectivity index (χ0n) is 3.60. The van der Waals surface area contributed by atoms with Gasteiger partial charge in [-0.1, -0.05) is 0 Å². The summed E-state index contributed by atoms with van der Waals surface area (Å²) < 4.78 is 0. The van der Waals surface area contributed by atoms with Crippen molar-refractivity contribution in [1.29, 1.82) is 5.26 Å². The van der Waals surface area contributed by atoms with Crippen molar-refractivity contribution in [3.05, 3.63) is 12.3 Å². The van der Waals surface area contributed by atoms with E-state index in [1.807, 2.05) is 0 Å². The summed E-state index contributed by atoms with van der Waals surface area (Å²) in [7, 11) is 0. The fraction of sp³-hybridized carbons (Fsp3) is 0. The van der Waals surface area contributed by atoms with Gasteiger partial charge in [0.15, 0.2) is 5.76 Å². The topological polar surface area (TPSA) is 44.0 Å². The zero-order chi connectivity index (χ0) is 4.28. The van der Waals surface area contributed by atoms with Crippen LogP contribution in [-0.4, -0.2) is 34.7 Å². The van der Waals surface area contributed by atoms with Crippen molar-refractivity contribution in [2.24, 2.45) is 0 Å². The summed E-state index contributed by atoms with van der Waals surface area (Å²) >= 11 is 0. The van der Waals surface area contributed by atoms with E-state index in [1.54, 1.807) is 0 Å². The molecular weight excluding hydrogens is 89.0 g/mol. The van der Waals surface area contributed by atoms with E-state index in [2.05, 4.69) is 6.58 Å². The fourth-order valence-corrected chi connectivity index (χ4v) is 0. The first-order valence-corrected chi connectivity index (χ1v) is 1.05. The van der Waals surface area contributed by atoms with E-state index in [-0.39, 0.29) is 29.6 Å². The predicted octanol–water partition coefficient (Wildman–Crippen LogP) is 0.201. The average Bonchev–Trinajstić information content (AvgIpc) is 1.38. The molecule has 1 radical (unpaired) electrons. The number of hydrogen-bond acceptors (Lipinski definition) is 2. The van der Waals surface area contributed by atoms with Gasteiger partial charge in [-0.3, -0.25) is 0 Å². The van der Waals surface area contributed by atoms with Crippen molar-refractivity contribution >= 4 is 29.6 Å². The van der Waals surface area contributed by atoms with Gasteiger partial charge in [-0.05, 0) is 6.58 Å². The Balaban J connectivity index is 0. The summed E-state index contributed by atoms with van der Waals surface area (Å²) in [5, 5.41) is 15.3. The van der Waals surface area contributed by atoms with Gasteiger partial charge in [0.1, 0.15) is 6.07 Å². The largest absolute Gasteiger partial charge is 0.500 e. The number of nitriles is 1. The Hall–Kier alpha value is 0.0300. The molecule has 0 saturated heterocycles. The molecule has 0 aromatic heterocycles. The number of aliphatic hydroxyl groups is 1. The molecule has 0 aliphatic carbocycles. The van der Waals surface area contributed by atoms with Crippen LogP contribution in [0.25, 0.3) is 0 Å². The van der Waals surface area contributed by atoms with Crippen LogP contribution >= 0.6 is 0 Å². The van der Waals surface area contributed by atoms with E-state index in [0.717, 1.165) is 0 Å². The first-order valence-electron chi connectivity index (χ1n) is 1.05. The molecule has 0 bridgehead atoms. The Kier molecular flexibility index (Phi) is 7.88. The third-order valence-corrected chi connectivity index (χ3v) is 0.129. The number of nitrogens with zero attached hydrogens (tertiary/aromatic N) is 1. The molecule has 0 unspecified atom stereocenters. The smallest absolute Gasteiger partial charge is 0.187 e. The Morgan fingerprint density at radius 2 is 2.00 bits per heavy atom. The standard InChI is InChI=1S/C3H3NO.Na/c1-3(5)2-4;/h5H,1H2;. The second-order valence-electron chi connectivity index (χ2n) is 0.558. The van der Waals surface area contributed by atoms with Crippen molar-refractivity contribution in [2.75, 3.05) is 0 Å². The molecule has 0 amide bonds. The van der Waals surface area contributed by atoms with Crippen LogP contribution in [0.15, 0.2) is 12.3 Å². The van der Waals surface area contributed by atoms with Crippen LogP contribution in [0.2, 0.25) is 0 Å². The summed E-state index contributed by atoms with van der Waals surface area (Å²) in [6.07, 6.45) is 0. The molecule has 0 aliphatic heterocycles. The van der Waals surface area contributed by atoms with Gasteiger partial charge in [0.2, 0.25) is 0 Å². The fourth-order valence-electron chi connectivity index (χ4n) is 0. The maximum atomic E-state index is 7.81. The maximum absolute atomic E-state index is 7.81. The summed E-state index contributed by atoms with van der Waals surface area (Å²) in [6.45, 7) is 2.87. The minimum absolute atomic E-state index is 0. The number of allylic oxidation sites excluding steroid dienone is 1. The van der Waals surface area contributed by atoms with Crippen molar-refractivity contribution in [3.8, 4) is 6.07 Å². The molecule has 0 aromatic rings. The van der Waals surface area contributed by atoms with Crippen molar-refractivity contribution in [1.82, 2.24) is 0 Å². The maximum Gasteiger partial charge on any atom is 0.187 e. The summed E-state index contributed by atoms with van der Waals surface area (Å²) in [4.78, 5) is 0. The quantitative estimate of drug-likeness (QED) is 0.201. The predicted molar refractivity (Wildman–Crippen MR) is 23.1 cm³/mol. The summed E-state index contributed by atoms with van der Waals surface area (Å²) in [5.41, 5.74) is 0. The molecular formula is C3H3NNaO.